The van der Waals surface area contributed by atoms with Crippen molar-refractivity contribution >= 4 is 49.4 Å². The van der Waals surface area contributed by atoms with Crippen LogP contribution in [0.4, 0.5) is 17.1 Å². The maximum atomic E-state index is 12.6. The molecule has 2 heteroatoms. The van der Waals surface area contributed by atoms with Crippen LogP contribution in [-0.4, -0.2) is 5.11 Å². The van der Waals surface area contributed by atoms with Gasteiger partial charge < -0.3 is 10.0 Å². The van der Waals surface area contributed by atoms with E-state index < -0.39 is 6.10 Å². The van der Waals surface area contributed by atoms with Gasteiger partial charge in [-0.2, -0.15) is 0 Å². The third kappa shape index (κ3) is 6.38. The van der Waals surface area contributed by atoms with E-state index in [0.29, 0.717) is 6.42 Å². The monoisotopic (exact) mass is 817 g/mol. The van der Waals surface area contributed by atoms with Gasteiger partial charge in [0, 0.05) is 23.2 Å². The van der Waals surface area contributed by atoms with E-state index >= 15 is 0 Å². The third-order valence-corrected chi connectivity index (χ3v) is 13.3. The van der Waals surface area contributed by atoms with Gasteiger partial charge in [0.1, 0.15) is 0 Å². The quantitative estimate of drug-likeness (QED) is 0.187. The van der Waals surface area contributed by atoms with E-state index in [1.54, 1.807) is 0 Å². The summed E-state index contributed by atoms with van der Waals surface area (Å²) >= 11 is 0. The zero-order valence-corrected chi connectivity index (χ0v) is 35.2. The Morgan fingerprint density at radius 2 is 0.844 bits per heavy atom. The number of anilines is 3. The molecule has 0 radical (unpaired) electrons. The average Bonchev–Trinajstić information content (AvgIpc) is 3.36. The Morgan fingerprint density at radius 3 is 1.62 bits per heavy atom. The van der Waals surface area contributed by atoms with Gasteiger partial charge >= 0.3 is 0 Å². The summed E-state index contributed by atoms with van der Waals surface area (Å²) in [6, 6.07) is 85.3. The molecule has 0 saturated carbocycles. The van der Waals surface area contributed by atoms with E-state index in [0.717, 1.165) is 72.3 Å². The summed E-state index contributed by atoms with van der Waals surface area (Å²) in [6.07, 6.45) is -0.259. The van der Waals surface area contributed by atoms with Crippen molar-refractivity contribution in [3.8, 4) is 55.6 Å². The molecule has 11 aromatic rings. The minimum absolute atomic E-state index is 0.475. The first-order valence-corrected chi connectivity index (χ1v) is 22.2. The number of aliphatic hydroxyl groups is 1. The number of nitrogens with zero attached hydrogens (tertiary/aromatic N) is 1. The number of hydrogen-bond acceptors (Lipinski definition) is 2. The van der Waals surface area contributed by atoms with Crippen molar-refractivity contribution in [1.29, 1.82) is 0 Å². The standard InChI is InChI=1S/C62H43NO/c64-61-40-59-48-21-9-7-17-43(48)31-36-55(59)58-39-45(33-37-54(58)52-23-11-12-24-53(52)57-38-32-44-18-8-10-22-50(44)62(57)61)49-25-13-27-56-51(49)26-14-28-60(56)63(46-19-5-2-6-20-46)47-34-29-42(30-35-47)41-15-3-1-4-16-41/h1-39,61,64H,40H2/t61-/m1/s1. The molecular formula is C62H43NO. The van der Waals surface area contributed by atoms with Crippen LogP contribution >= 0.6 is 0 Å². The van der Waals surface area contributed by atoms with Gasteiger partial charge in [-0.25, -0.2) is 0 Å². The molecule has 2 nitrogen and oxygen atoms in total. The molecule has 1 aliphatic rings. The number of para-hydroxylation sites is 1. The van der Waals surface area contributed by atoms with Gasteiger partial charge in [0.15, 0.2) is 0 Å². The minimum atomic E-state index is -0.734. The number of benzene rings is 11. The van der Waals surface area contributed by atoms with Gasteiger partial charge in [-0.05, 0) is 130 Å². The SMILES string of the molecule is O[C@@H]1Cc2c(ccc3ccccc23)-c2cc(-c3cccc4c(N(c5ccccc5)c5ccc(-c6ccccc6)cc5)cccc34)ccc2-c2ccccc2-c2ccc3ccccc3c21. The zero-order chi connectivity index (χ0) is 42.6. The predicted molar refractivity (Wildman–Crippen MR) is 269 cm³/mol. The largest absolute Gasteiger partial charge is 0.388 e. The van der Waals surface area contributed by atoms with E-state index in [2.05, 4.69) is 241 Å². The predicted octanol–water partition coefficient (Wildman–Crippen LogP) is 16.5. The zero-order valence-electron chi connectivity index (χ0n) is 35.2. The van der Waals surface area contributed by atoms with E-state index in [9.17, 15) is 5.11 Å². The summed E-state index contributed by atoms with van der Waals surface area (Å²) in [4.78, 5) is 2.37. The van der Waals surface area contributed by atoms with Gasteiger partial charge in [0.2, 0.25) is 0 Å². The molecule has 1 atom stereocenters. The van der Waals surface area contributed by atoms with Crippen molar-refractivity contribution in [2.24, 2.45) is 0 Å². The molecule has 0 aromatic heterocycles. The van der Waals surface area contributed by atoms with E-state index in [4.69, 9.17) is 0 Å². The van der Waals surface area contributed by atoms with Crippen molar-refractivity contribution in [3.63, 3.8) is 0 Å². The van der Waals surface area contributed by atoms with Crippen LogP contribution in [0.15, 0.2) is 237 Å². The van der Waals surface area contributed by atoms with Gasteiger partial charge in [0.05, 0.1) is 11.8 Å². The number of hydrogen-bond donors (Lipinski definition) is 1. The number of aliphatic hydroxyl groups excluding tert-OH is 1. The van der Waals surface area contributed by atoms with E-state index in [1.165, 1.54) is 43.8 Å². The molecule has 0 saturated heterocycles. The maximum absolute atomic E-state index is 12.6. The second-order valence-corrected chi connectivity index (χ2v) is 16.8. The van der Waals surface area contributed by atoms with E-state index in [-0.39, 0.29) is 0 Å². The second-order valence-electron chi connectivity index (χ2n) is 16.8. The summed E-state index contributed by atoms with van der Waals surface area (Å²) in [6.45, 7) is 0. The summed E-state index contributed by atoms with van der Waals surface area (Å²) in [5.41, 5.74) is 16.9. The summed E-state index contributed by atoms with van der Waals surface area (Å²) < 4.78 is 0. The maximum Gasteiger partial charge on any atom is 0.0842 e. The highest BCUT2D eigenvalue weighted by Crippen LogP contribution is 2.49. The molecule has 11 aromatic carbocycles. The Morgan fingerprint density at radius 1 is 0.328 bits per heavy atom. The third-order valence-electron chi connectivity index (χ3n) is 13.3. The van der Waals surface area contributed by atoms with Crippen molar-refractivity contribution in [3.05, 3.63) is 248 Å². The molecule has 302 valence electrons. The number of fused-ring (bicyclic) bond motifs is 12. The molecule has 0 aliphatic heterocycles. The lowest BCUT2D eigenvalue weighted by atomic mass is 9.79. The van der Waals surface area contributed by atoms with Crippen molar-refractivity contribution in [2.75, 3.05) is 4.90 Å². The van der Waals surface area contributed by atoms with Gasteiger partial charge in [-0.3, -0.25) is 0 Å². The molecule has 0 bridgehead atoms. The molecule has 0 spiro atoms. The lowest BCUT2D eigenvalue weighted by Crippen LogP contribution is -2.10. The molecule has 1 aliphatic carbocycles. The average molecular weight is 818 g/mol. The van der Waals surface area contributed by atoms with Crippen LogP contribution in [0.25, 0.3) is 88.0 Å². The fraction of sp³-hybridized carbons (Fsp3) is 0.0323. The Kier molecular flexibility index (Phi) is 9.25. The Balaban J connectivity index is 1.07. The van der Waals surface area contributed by atoms with Gasteiger partial charge in [-0.1, -0.05) is 200 Å². The molecule has 12 rings (SSSR count). The molecule has 0 heterocycles. The lowest BCUT2D eigenvalue weighted by molar-refractivity contribution is 0.181. The van der Waals surface area contributed by atoms with Crippen LogP contribution in [-0.2, 0) is 6.42 Å². The highest BCUT2D eigenvalue weighted by Gasteiger charge is 2.26. The van der Waals surface area contributed by atoms with Gasteiger partial charge in [0.25, 0.3) is 0 Å². The van der Waals surface area contributed by atoms with Crippen LogP contribution in [0.2, 0.25) is 0 Å². The van der Waals surface area contributed by atoms with Crippen molar-refractivity contribution < 1.29 is 5.11 Å². The Bertz CT molecular complexity index is 3540. The van der Waals surface area contributed by atoms with Crippen LogP contribution in [0.5, 0.6) is 0 Å². The minimum Gasteiger partial charge on any atom is -0.388 e. The highest BCUT2D eigenvalue weighted by atomic mass is 16.3. The summed E-state index contributed by atoms with van der Waals surface area (Å²) in [5, 5.41) is 19.5. The second kappa shape index (κ2) is 15.7. The molecule has 0 fully saturated rings. The fourth-order valence-corrected chi connectivity index (χ4v) is 10.3. The summed E-state index contributed by atoms with van der Waals surface area (Å²) in [5.74, 6) is 0. The van der Waals surface area contributed by atoms with Crippen LogP contribution < -0.4 is 4.90 Å². The topological polar surface area (TPSA) is 23.5 Å². The smallest absolute Gasteiger partial charge is 0.0842 e. The highest BCUT2D eigenvalue weighted by molar-refractivity contribution is 6.07. The number of rotatable bonds is 5. The van der Waals surface area contributed by atoms with Crippen molar-refractivity contribution in [1.82, 2.24) is 0 Å². The molecule has 0 amide bonds. The fourth-order valence-electron chi connectivity index (χ4n) is 10.3. The molecule has 0 unspecified atom stereocenters. The molecule has 1 N–H and O–H groups in total. The van der Waals surface area contributed by atoms with Crippen molar-refractivity contribution in [2.45, 2.75) is 12.5 Å². The van der Waals surface area contributed by atoms with Crippen LogP contribution in [0.1, 0.15) is 17.2 Å². The summed E-state index contributed by atoms with van der Waals surface area (Å²) in [7, 11) is 0. The van der Waals surface area contributed by atoms with Crippen LogP contribution in [0, 0.1) is 0 Å². The lowest BCUT2D eigenvalue weighted by Gasteiger charge is -2.27. The van der Waals surface area contributed by atoms with E-state index in [1.807, 2.05) is 0 Å². The first kappa shape index (κ1) is 37.7. The molecular weight excluding hydrogens is 775 g/mol. The Labute approximate surface area is 373 Å². The first-order chi connectivity index (χ1) is 31.7. The first-order valence-electron chi connectivity index (χ1n) is 22.2. The van der Waals surface area contributed by atoms with Crippen LogP contribution in [0.3, 0.4) is 0 Å². The Hall–Kier alpha value is -8.04. The molecule has 64 heavy (non-hydrogen) atoms. The van der Waals surface area contributed by atoms with Gasteiger partial charge in [-0.15, -0.1) is 0 Å². The normalized spacial score (nSPS) is 13.2.